The highest BCUT2D eigenvalue weighted by Crippen LogP contribution is 2.33. The molecule has 0 unspecified atom stereocenters. The molecule has 2 aromatic heterocycles. The first-order valence-corrected chi connectivity index (χ1v) is 8.67. The molecule has 154 valence electrons. The van der Waals surface area contributed by atoms with Crippen molar-refractivity contribution in [2.45, 2.75) is 32.9 Å². The van der Waals surface area contributed by atoms with Gasteiger partial charge in [0.2, 0.25) is 0 Å². The lowest BCUT2D eigenvalue weighted by Crippen LogP contribution is -2.15. The van der Waals surface area contributed by atoms with E-state index in [1.807, 2.05) is 13.8 Å². The van der Waals surface area contributed by atoms with Gasteiger partial charge in [0.05, 0.1) is 11.4 Å². The second kappa shape index (κ2) is 7.34. The zero-order chi connectivity index (χ0) is 21.5. The molecule has 10 heteroatoms. The van der Waals surface area contributed by atoms with E-state index in [1.165, 1.54) is 19.2 Å². The Bertz CT molecular complexity index is 1070. The molecule has 1 N–H and O–H groups in total. The molecule has 3 aromatic rings. The van der Waals surface area contributed by atoms with Crippen molar-refractivity contribution in [3.05, 3.63) is 52.8 Å². The molecule has 6 nitrogen and oxygen atoms in total. The van der Waals surface area contributed by atoms with Crippen molar-refractivity contribution in [3.8, 4) is 11.3 Å². The molecule has 0 spiro atoms. The Balaban J connectivity index is 1.89. The molecule has 1 amide bonds. The van der Waals surface area contributed by atoms with E-state index >= 15 is 0 Å². The van der Waals surface area contributed by atoms with Crippen LogP contribution in [0.15, 0.2) is 28.8 Å². The van der Waals surface area contributed by atoms with E-state index in [0.29, 0.717) is 11.5 Å². The Morgan fingerprint density at radius 1 is 1.24 bits per heavy atom. The van der Waals surface area contributed by atoms with Crippen LogP contribution in [-0.2, 0) is 13.2 Å². The van der Waals surface area contributed by atoms with Crippen molar-refractivity contribution < 1.29 is 26.9 Å². The Labute approximate surface area is 163 Å². The van der Waals surface area contributed by atoms with Gasteiger partial charge in [-0.2, -0.15) is 18.3 Å². The number of hydrogen-bond donors (Lipinski definition) is 1. The lowest BCUT2D eigenvalue weighted by Gasteiger charge is -2.09. The Morgan fingerprint density at radius 2 is 1.93 bits per heavy atom. The van der Waals surface area contributed by atoms with E-state index in [-0.39, 0.29) is 28.4 Å². The molecule has 0 saturated heterocycles. The van der Waals surface area contributed by atoms with Crippen LogP contribution in [0.5, 0.6) is 0 Å². The normalized spacial score (nSPS) is 11.9. The lowest BCUT2D eigenvalue weighted by atomic mass is 10.0. The standard InChI is InChI=1S/C19H18F4N4O2/c1-9(2)17-16(10(3)29-26-17)18(28)24-11-5-6-12(13(20)7-11)14-8-15(19(21,22)23)25-27(14)4/h5-9H,1-4H3,(H,24,28). The third-order valence-corrected chi connectivity index (χ3v) is 4.34. The summed E-state index contributed by atoms with van der Waals surface area (Å²) in [6.07, 6.45) is -4.63. The van der Waals surface area contributed by atoms with Crippen molar-refractivity contribution in [1.29, 1.82) is 0 Å². The highest BCUT2D eigenvalue weighted by Gasteiger charge is 2.35. The summed E-state index contributed by atoms with van der Waals surface area (Å²) in [5.41, 5.74) is -0.333. The van der Waals surface area contributed by atoms with Gasteiger partial charge < -0.3 is 9.84 Å². The number of alkyl halides is 3. The highest BCUT2D eigenvalue weighted by molar-refractivity contribution is 6.05. The van der Waals surface area contributed by atoms with Crippen LogP contribution in [0.1, 0.15) is 47.3 Å². The van der Waals surface area contributed by atoms with Crippen LogP contribution in [0, 0.1) is 12.7 Å². The number of nitrogens with zero attached hydrogens (tertiary/aromatic N) is 3. The maximum atomic E-state index is 14.6. The van der Waals surface area contributed by atoms with Gasteiger partial charge in [0.15, 0.2) is 5.69 Å². The predicted octanol–water partition coefficient (Wildman–Crippen LogP) is 4.92. The first kappa shape index (κ1) is 20.6. The third-order valence-electron chi connectivity index (χ3n) is 4.34. The number of carbonyl (C=O) groups excluding carboxylic acids is 1. The summed E-state index contributed by atoms with van der Waals surface area (Å²) in [4.78, 5) is 12.6. The number of nitrogens with one attached hydrogen (secondary N) is 1. The average molecular weight is 410 g/mol. The minimum atomic E-state index is -4.63. The summed E-state index contributed by atoms with van der Waals surface area (Å²) < 4.78 is 59.1. The summed E-state index contributed by atoms with van der Waals surface area (Å²) in [5, 5.41) is 9.81. The van der Waals surface area contributed by atoms with Gasteiger partial charge in [-0.15, -0.1) is 0 Å². The van der Waals surface area contributed by atoms with Crippen molar-refractivity contribution in [3.63, 3.8) is 0 Å². The summed E-state index contributed by atoms with van der Waals surface area (Å²) in [7, 11) is 1.29. The number of hydrogen-bond acceptors (Lipinski definition) is 4. The molecule has 2 heterocycles. The van der Waals surface area contributed by atoms with Gasteiger partial charge in [0.25, 0.3) is 5.91 Å². The number of rotatable bonds is 4. The quantitative estimate of drug-likeness (QED) is 0.620. The number of aryl methyl sites for hydroxylation is 2. The lowest BCUT2D eigenvalue weighted by molar-refractivity contribution is -0.141. The van der Waals surface area contributed by atoms with Crippen LogP contribution in [0.4, 0.5) is 23.2 Å². The molecule has 0 aliphatic heterocycles. The molecular formula is C19H18F4N4O2. The highest BCUT2D eigenvalue weighted by atomic mass is 19.4. The molecular weight excluding hydrogens is 392 g/mol. The minimum absolute atomic E-state index is 0.0373. The number of anilines is 1. The molecule has 0 aliphatic rings. The summed E-state index contributed by atoms with van der Waals surface area (Å²) >= 11 is 0. The van der Waals surface area contributed by atoms with Gasteiger partial charge in [0.1, 0.15) is 17.1 Å². The fraction of sp³-hybridized carbons (Fsp3) is 0.316. The van der Waals surface area contributed by atoms with E-state index in [1.54, 1.807) is 6.92 Å². The minimum Gasteiger partial charge on any atom is -0.361 e. The van der Waals surface area contributed by atoms with Crippen LogP contribution in [0.2, 0.25) is 0 Å². The smallest absolute Gasteiger partial charge is 0.361 e. The zero-order valence-corrected chi connectivity index (χ0v) is 16.1. The van der Waals surface area contributed by atoms with Gasteiger partial charge in [-0.1, -0.05) is 19.0 Å². The average Bonchev–Trinajstić information content (AvgIpc) is 3.18. The van der Waals surface area contributed by atoms with Crippen LogP contribution in [-0.4, -0.2) is 20.8 Å². The van der Waals surface area contributed by atoms with Gasteiger partial charge in [-0.25, -0.2) is 4.39 Å². The molecule has 0 radical (unpaired) electrons. The van der Waals surface area contributed by atoms with Crippen molar-refractivity contribution >= 4 is 11.6 Å². The Morgan fingerprint density at radius 3 is 2.48 bits per heavy atom. The van der Waals surface area contributed by atoms with Gasteiger partial charge in [0, 0.05) is 18.3 Å². The van der Waals surface area contributed by atoms with Gasteiger partial charge in [-0.05, 0) is 37.1 Å². The topological polar surface area (TPSA) is 73.0 Å². The van der Waals surface area contributed by atoms with Crippen molar-refractivity contribution in [1.82, 2.24) is 14.9 Å². The Kier molecular flexibility index (Phi) is 5.20. The maximum Gasteiger partial charge on any atom is 0.435 e. The second-order valence-corrected chi connectivity index (χ2v) is 6.84. The van der Waals surface area contributed by atoms with E-state index < -0.39 is 23.6 Å². The number of amides is 1. The molecule has 3 rings (SSSR count). The van der Waals surface area contributed by atoms with Crippen molar-refractivity contribution in [2.75, 3.05) is 5.32 Å². The largest absolute Gasteiger partial charge is 0.435 e. The Hall–Kier alpha value is -3.17. The molecule has 0 fully saturated rings. The zero-order valence-electron chi connectivity index (χ0n) is 16.1. The number of benzene rings is 1. The number of aromatic nitrogens is 3. The monoisotopic (exact) mass is 410 g/mol. The molecule has 0 atom stereocenters. The third kappa shape index (κ3) is 4.01. The summed E-state index contributed by atoms with van der Waals surface area (Å²) in [6.45, 7) is 5.30. The molecule has 0 saturated carbocycles. The number of carbonyl (C=O) groups is 1. The predicted molar refractivity (Wildman–Crippen MR) is 96.9 cm³/mol. The summed E-state index contributed by atoms with van der Waals surface area (Å²) in [6, 6.07) is 4.48. The van der Waals surface area contributed by atoms with Crippen LogP contribution in [0.25, 0.3) is 11.3 Å². The van der Waals surface area contributed by atoms with Crippen LogP contribution >= 0.6 is 0 Å². The van der Waals surface area contributed by atoms with E-state index in [2.05, 4.69) is 15.6 Å². The SMILES string of the molecule is Cc1onc(C(C)C)c1C(=O)Nc1ccc(-c2cc(C(F)(F)F)nn2C)c(F)c1. The van der Waals surface area contributed by atoms with Crippen LogP contribution in [0.3, 0.4) is 0 Å². The molecule has 29 heavy (non-hydrogen) atoms. The van der Waals surface area contributed by atoms with Crippen LogP contribution < -0.4 is 5.32 Å². The molecule has 1 aromatic carbocycles. The number of halogens is 4. The first-order chi connectivity index (χ1) is 13.5. The first-order valence-electron chi connectivity index (χ1n) is 8.67. The second-order valence-electron chi connectivity index (χ2n) is 6.84. The van der Waals surface area contributed by atoms with Gasteiger partial charge >= 0.3 is 6.18 Å². The molecule has 0 bridgehead atoms. The molecule has 0 aliphatic carbocycles. The van der Waals surface area contributed by atoms with Crippen molar-refractivity contribution in [2.24, 2.45) is 7.05 Å². The fourth-order valence-electron chi connectivity index (χ4n) is 2.91. The summed E-state index contributed by atoms with van der Waals surface area (Å²) in [5.74, 6) is -1.04. The van der Waals surface area contributed by atoms with E-state index in [4.69, 9.17) is 4.52 Å². The fourth-order valence-corrected chi connectivity index (χ4v) is 2.91. The van der Waals surface area contributed by atoms with E-state index in [9.17, 15) is 22.4 Å². The van der Waals surface area contributed by atoms with Gasteiger partial charge in [-0.3, -0.25) is 9.48 Å². The maximum absolute atomic E-state index is 14.6. The van der Waals surface area contributed by atoms with E-state index in [0.717, 1.165) is 16.8 Å².